The van der Waals surface area contributed by atoms with Gasteiger partial charge in [0, 0.05) is 33.7 Å². The molecule has 21 heavy (non-hydrogen) atoms. The van der Waals surface area contributed by atoms with E-state index in [1.807, 2.05) is 14.1 Å². The van der Waals surface area contributed by atoms with Gasteiger partial charge in [0.2, 0.25) is 5.91 Å². The van der Waals surface area contributed by atoms with Crippen LogP contribution in [-0.2, 0) is 15.0 Å². The van der Waals surface area contributed by atoms with Crippen LogP contribution in [0.4, 0.5) is 0 Å². The largest absolute Gasteiger partial charge is 0.356 e. The van der Waals surface area contributed by atoms with E-state index < -0.39 is 10.2 Å². The summed E-state index contributed by atoms with van der Waals surface area (Å²) < 4.78 is 26.8. The first-order valence-corrected chi connectivity index (χ1v) is 8.75. The Labute approximate surface area is 128 Å². The average molecular weight is 320 g/mol. The van der Waals surface area contributed by atoms with E-state index in [2.05, 4.69) is 10.2 Å². The first-order valence-electron chi connectivity index (χ1n) is 7.35. The van der Waals surface area contributed by atoms with Gasteiger partial charge in [-0.25, -0.2) is 0 Å². The lowest BCUT2D eigenvalue weighted by Gasteiger charge is -2.32. The fourth-order valence-corrected chi connectivity index (χ4v) is 3.54. The highest BCUT2D eigenvalue weighted by molar-refractivity contribution is 7.86. The third-order valence-corrected chi connectivity index (χ3v) is 5.53. The maximum absolute atomic E-state index is 12.1. The molecule has 0 unspecified atom stereocenters. The number of hydrogen-bond acceptors (Lipinski definition) is 4. The molecule has 1 aliphatic rings. The molecule has 1 rings (SSSR count). The van der Waals surface area contributed by atoms with Crippen molar-refractivity contribution in [3.8, 4) is 0 Å². The fraction of sp³-hybridized carbons (Fsp3) is 0.923. The van der Waals surface area contributed by atoms with Gasteiger partial charge >= 0.3 is 0 Å². The maximum atomic E-state index is 12.1. The summed E-state index contributed by atoms with van der Waals surface area (Å²) in [5.74, 6) is -0.278. The highest BCUT2D eigenvalue weighted by Gasteiger charge is 2.33. The Bertz CT molecular complexity index is 437. The Kier molecular flexibility index (Phi) is 7.05. The first kappa shape index (κ1) is 18.3. The van der Waals surface area contributed by atoms with E-state index in [-0.39, 0.29) is 18.4 Å². The van der Waals surface area contributed by atoms with Crippen LogP contribution in [0.25, 0.3) is 0 Å². The van der Waals surface area contributed by atoms with Crippen LogP contribution in [0.1, 0.15) is 19.3 Å². The number of nitrogens with zero attached hydrogens (tertiary/aromatic N) is 3. The van der Waals surface area contributed by atoms with Crippen molar-refractivity contribution in [3.63, 3.8) is 0 Å². The maximum Gasteiger partial charge on any atom is 0.281 e. The predicted octanol–water partition coefficient (Wildman–Crippen LogP) is -0.427. The molecule has 0 spiro atoms. The summed E-state index contributed by atoms with van der Waals surface area (Å²) >= 11 is 0. The normalized spacial score (nSPS) is 21.0. The van der Waals surface area contributed by atoms with Crippen LogP contribution >= 0.6 is 0 Å². The average Bonchev–Trinajstić information content (AvgIpc) is 2.43. The number of amides is 1. The molecule has 0 saturated carbocycles. The van der Waals surface area contributed by atoms with Gasteiger partial charge in [0.05, 0.1) is 5.92 Å². The molecular formula is C13H28N4O3S. The molecule has 1 amide bonds. The van der Waals surface area contributed by atoms with Crippen LogP contribution in [0.5, 0.6) is 0 Å². The predicted molar refractivity (Wildman–Crippen MR) is 83.1 cm³/mol. The van der Waals surface area contributed by atoms with Crippen molar-refractivity contribution < 1.29 is 13.2 Å². The van der Waals surface area contributed by atoms with Gasteiger partial charge in [-0.1, -0.05) is 0 Å². The molecule has 0 aromatic carbocycles. The minimum absolute atomic E-state index is 0.0348. The number of piperidine rings is 1. The van der Waals surface area contributed by atoms with Gasteiger partial charge in [0.25, 0.3) is 10.2 Å². The van der Waals surface area contributed by atoms with Crippen molar-refractivity contribution in [2.45, 2.75) is 19.3 Å². The zero-order valence-corrected chi connectivity index (χ0v) is 14.3. The third-order valence-electron chi connectivity index (χ3n) is 3.62. The first-order chi connectivity index (χ1) is 9.75. The molecule has 124 valence electrons. The van der Waals surface area contributed by atoms with Crippen molar-refractivity contribution in [3.05, 3.63) is 0 Å². The van der Waals surface area contributed by atoms with Gasteiger partial charge in [0.15, 0.2) is 0 Å². The second kappa shape index (κ2) is 8.07. The Morgan fingerprint density at radius 3 is 2.52 bits per heavy atom. The SMILES string of the molecule is CN(C)CCCNC(=O)[C@H]1CCCN(S(=O)(=O)N(C)C)C1. The number of nitrogens with one attached hydrogen (secondary N) is 1. The van der Waals surface area contributed by atoms with Crippen molar-refractivity contribution >= 4 is 16.1 Å². The minimum Gasteiger partial charge on any atom is -0.356 e. The molecule has 7 nitrogen and oxygen atoms in total. The van der Waals surface area contributed by atoms with Crippen LogP contribution in [-0.4, -0.2) is 82.2 Å². The Morgan fingerprint density at radius 1 is 1.29 bits per heavy atom. The number of carbonyl (C=O) groups excluding carboxylic acids is 1. The highest BCUT2D eigenvalue weighted by Crippen LogP contribution is 2.20. The van der Waals surface area contributed by atoms with E-state index >= 15 is 0 Å². The summed E-state index contributed by atoms with van der Waals surface area (Å²) in [5.41, 5.74) is 0. The molecule has 1 aliphatic heterocycles. The molecule has 0 aromatic rings. The van der Waals surface area contributed by atoms with Gasteiger partial charge in [-0.3, -0.25) is 4.79 Å². The van der Waals surface area contributed by atoms with Gasteiger partial charge in [-0.15, -0.1) is 0 Å². The van der Waals surface area contributed by atoms with Crippen molar-refractivity contribution in [2.75, 3.05) is 54.4 Å². The van der Waals surface area contributed by atoms with Crippen molar-refractivity contribution in [1.82, 2.24) is 18.8 Å². The molecule has 0 aliphatic carbocycles. The van der Waals surface area contributed by atoms with Crippen molar-refractivity contribution in [2.24, 2.45) is 5.92 Å². The Hall–Kier alpha value is -0.700. The molecule has 1 N–H and O–H groups in total. The summed E-state index contributed by atoms with van der Waals surface area (Å²) in [5, 5.41) is 2.91. The lowest BCUT2D eigenvalue weighted by Crippen LogP contribution is -2.49. The summed E-state index contributed by atoms with van der Waals surface area (Å²) in [6, 6.07) is 0. The van der Waals surface area contributed by atoms with Crippen LogP contribution in [0, 0.1) is 5.92 Å². The van der Waals surface area contributed by atoms with E-state index in [0.717, 1.165) is 25.8 Å². The quantitative estimate of drug-likeness (QED) is 0.646. The molecule has 1 atom stereocenters. The van der Waals surface area contributed by atoms with Gasteiger partial charge < -0.3 is 10.2 Å². The molecule has 0 radical (unpaired) electrons. The molecule has 8 heteroatoms. The standard InChI is InChI=1S/C13H28N4O3S/c1-15(2)9-6-8-14-13(18)12-7-5-10-17(11-12)21(19,20)16(3)4/h12H,5-11H2,1-4H3,(H,14,18)/t12-/m0/s1. The molecule has 1 saturated heterocycles. The summed E-state index contributed by atoms with van der Waals surface area (Å²) in [7, 11) is 3.59. The zero-order chi connectivity index (χ0) is 16.0. The second-order valence-electron chi connectivity index (χ2n) is 5.94. The molecule has 0 bridgehead atoms. The van der Waals surface area contributed by atoms with Crippen molar-refractivity contribution in [1.29, 1.82) is 0 Å². The summed E-state index contributed by atoms with van der Waals surface area (Å²) in [4.78, 5) is 14.2. The van der Waals surface area contributed by atoms with E-state index in [0.29, 0.717) is 13.1 Å². The van der Waals surface area contributed by atoms with Gasteiger partial charge in [-0.05, 0) is 39.9 Å². The number of rotatable bonds is 7. The van der Waals surface area contributed by atoms with E-state index in [1.165, 1.54) is 22.7 Å². The third kappa shape index (κ3) is 5.54. The fourth-order valence-electron chi connectivity index (χ4n) is 2.35. The van der Waals surface area contributed by atoms with E-state index in [4.69, 9.17) is 0 Å². The van der Waals surface area contributed by atoms with Gasteiger partial charge in [-0.2, -0.15) is 17.0 Å². The summed E-state index contributed by atoms with van der Waals surface area (Å²) in [6.45, 7) is 2.32. The van der Waals surface area contributed by atoms with Crippen LogP contribution in [0.15, 0.2) is 0 Å². The minimum atomic E-state index is -3.42. The Balaban J connectivity index is 2.47. The molecule has 1 heterocycles. The monoisotopic (exact) mass is 320 g/mol. The molecule has 1 fully saturated rings. The lowest BCUT2D eigenvalue weighted by molar-refractivity contribution is -0.126. The zero-order valence-electron chi connectivity index (χ0n) is 13.5. The molecule has 0 aromatic heterocycles. The molecular weight excluding hydrogens is 292 g/mol. The summed E-state index contributed by atoms with van der Waals surface area (Å²) in [6.07, 6.45) is 2.37. The second-order valence-corrected chi connectivity index (χ2v) is 8.08. The van der Waals surface area contributed by atoms with Crippen LogP contribution in [0.3, 0.4) is 0 Å². The topological polar surface area (TPSA) is 73.0 Å². The van der Waals surface area contributed by atoms with Crippen LogP contribution in [0.2, 0.25) is 0 Å². The Morgan fingerprint density at radius 2 is 1.95 bits per heavy atom. The van der Waals surface area contributed by atoms with E-state index in [1.54, 1.807) is 0 Å². The lowest BCUT2D eigenvalue weighted by atomic mass is 9.99. The smallest absolute Gasteiger partial charge is 0.281 e. The number of carbonyl (C=O) groups is 1. The van der Waals surface area contributed by atoms with Crippen LogP contribution < -0.4 is 5.32 Å². The van der Waals surface area contributed by atoms with Gasteiger partial charge in [0.1, 0.15) is 0 Å². The highest BCUT2D eigenvalue weighted by atomic mass is 32.2. The van der Waals surface area contributed by atoms with E-state index in [9.17, 15) is 13.2 Å². The number of hydrogen-bond donors (Lipinski definition) is 1.